The van der Waals surface area contributed by atoms with Gasteiger partial charge >= 0.3 is 0 Å². The number of hydrogen-bond donors (Lipinski definition) is 3. The highest BCUT2D eigenvalue weighted by atomic mass is 32.2. The number of quaternary nitrogens is 2. The number of rotatable bonds is 3. The van der Waals surface area contributed by atoms with Crippen LogP contribution in [0.3, 0.4) is 0 Å². The third-order valence-electron chi connectivity index (χ3n) is 2.18. The van der Waals surface area contributed by atoms with Gasteiger partial charge in [-0.25, -0.2) is 0 Å². The lowest BCUT2D eigenvalue weighted by atomic mass is 9.93. The number of aliphatic carboxylic acids is 2. The van der Waals surface area contributed by atoms with E-state index in [0.717, 1.165) is 12.2 Å². The summed E-state index contributed by atoms with van der Waals surface area (Å²) in [5, 5.41) is 21.2. The van der Waals surface area contributed by atoms with Gasteiger partial charge in [-0.3, -0.25) is 4.55 Å². The van der Waals surface area contributed by atoms with Crippen molar-refractivity contribution in [2.75, 3.05) is 0 Å². The summed E-state index contributed by atoms with van der Waals surface area (Å²) in [6.45, 7) is 0. The van der Waals surface area contributed by atoms with Crippen LogP contribution in [0.15, 0.2) is 23.8 Å². The average Bonchev–Trinajstić information content (AvgIpc) is 2.15. The van der Waals surface area contributed by atoms with Gasteiger partial charge in [-0.2, -0.15) is 8.42 Å². The summed E-state index contributed by atoms with van der Waals surface area (Å²) in [5.74, 6) is -3.81. The van der Waals surface area contributed by atoms with E-state index in [1.54, 1.807) is 0 Å². The summed E-state index contributed by atoms with van der Waals surface area (Å²) in [6.07, 6.45) is 1.61. The summed E-state index contributed by atoms with van der Waals surface area (Å²) in [4.78, 5) is 21.2. The molecule has 0 aromatic rings. The van der Waals surface area contributed by atoms with Crippen LogP contribution in [-0.2, 0) is 19.7 Å². The molecule has 0 bridgehead atoms. The maximum absolute atomic E-state index is 11.0. The Hall–Kier alpha value is -1.75. The molecule has 0 aromatic heterocycles. The lowest BCUT2D eigenvalue weighted by Crippen LogP contribution is -2.54. The van der Waals surface area contributed by atoms with E-state index >= 15 is 0 Å². The molecule has 0 spiro atoms. The summed E-state index contributed by atoms with van der Waals surface area (Å²) in [6, 6.07) is 0. The van der Waals surface area contributed by atoms with Crippen LogP contribution in [0.25, 0.3) is 0 Å². The zero-order chi connectivity index (χ0) is 12.6. The summed E-state index contributed by atoms with van der Waals surface area (Å²) >= 11 is 0. The van der Waals surface area contributed by atoms with Crippen molar-refractivity contribution >= 4 is 22.1 Å². The van der Waals surface area contributed by atoms with Gasteiger partial charge in [0.25, 0.3) is 10.1 Å². The molecule has 0 amide bonds. The lowest BCUT2D eigenvalue weighted by molar-refractivity contribution is -0.308. The Bertz CT molecular complexity index is 508. The number of carboxylic acid groups (broad SMARTS) is 2. The molecular formula is C8H14N2O7S. The Kier molecular flexibility index (Phi) is 5.92. The summed E-state index contributed by atoms with van der Waals surface area (Å²) in [5.41, 5.74) is -0.552. The molecule has 1 atom stereocenters. The molecule has 18 heavy (non-hydrogen) atoms. The second-order valence-electron chi connectivity index (χ2n) is 3.17. The normalized spacial score (nSPS) is 22.2. The zero-order valence-corrected chi connectivity index (χ0v) is 10.6. The highest BCUT2D eigenvalue weighted by Crippen LogP contribution is 2.29. The molecule has 0 saturated heterocycles. The molecule has 0 aromatic carbocycles. The van der Waals surface area contributed by atoms with Crippen LogP contribution in [0.1, 0.15) is 6.42 Å². The minimum absolute atomic E-state index is 0. The van der Waals surface area contributed by atoms with E-state index in [1.165, 1.54) is 0 Å². The number of carbonyl (C=O) groups excluding carboxylic acids is 2. The predicted octanol–water partition coefficient (Wildman–Crippen LogP) is -2.25. The number of carbonyl (C=O) groups is 2. The maximum atomic E-state index is 11.0. The molecule has 9 nitrogen and oxygen atoms in total. The maximum Gasteiger partial charge on any atom is 0.280 e. The van der Waals surface area contributed by atoms with Gasteiger partial charge in [0, 0.05) is 6.42 Å². The first-order chi connectivity index (χ1) is 7.21. The highest BCUT2D eigenvalue weighted by Gasteiger charge is 2.44. The largest absolute Gasteiger partial charge is 0.548 e. The standard InChI is InChI=1S/C8H8O7S.2H3N/c9-6(10)5-2-1-3-8(4-5,7(11)12)16(13,14)15;;/h1-3H,4H2,(H,9,10)(H,11,12)(H,13,14,15);2*1H3. The molecule has 10 heteroatoms. The first kappa shape index (κ1) is 18.6. The zero-order valence-electron chi connectivity index (χ0n) is 9.74. The first-order valence-corrected chi connectivity index (χ1v) is 5.43. The van der Waals surface area contributed by atoms with Crippen molar-refractivity contribution in [3.05, 3.63) is 23.8 Å². The fourth-order valence-corrected chi connectivity index (χ4v) is 2.08. The third kappa shape index (κ3) is 2.92. The Balaban J connectivity index is 0. The molecule has 0 radical (unpaired) electrons. The highest BCUT2D eigenvalue weighted by molar-refractivity contribution is 7.88. The number of allylic oxidation sites excluding steroid dienone is 2. The molecule has 0 heterocycles. The molecule has 104 valence electrons. The molecule has 0 aliphatic heterocycles. The molecule has 1 rings (SSSR count). The van der Waals surface area contributed by atoms with Crippen molar-refractivity contribution in [3.63, 3.8) is 0 Å². The third-order valence-corrected chi connectivity index (χ3v) is 3.55. The predicted molar refractivity (Wildman–Crippen MR) is 58.1 cm³/mol. The van der Waals surface area contributed by atoms with Crippen LogP contribution in [-0.4, -0.2) is 29.7 Å². The van der Waals surface area contributed by atoms with Crippen molar-refractivity contribution in [1.82, 2.24) is 12.3 Å². The van der Waals surface area contributed by atoms with Crippen molar-refractivity contribution < 1.29 is 32.8 Å². The fourth-order valence-electron chi connectivity index (χ4n) is 1.28. The molecule has 0 saturated carbocycles. The Morgan fingerprint density at radius 2 is 1.78 bits per heavy atom. The van der Waals surface area contributed by atoms with Crippen LogP contribution >= 0.6 is 0 Å². The molecule has 1 unspecified atom stereocenters. The van der Waals surface area contributed by atoms with Gasteiger partial charge in [0.15, 0.2) is 4.75 Å². The van der Waals surface area contributed by atoms with E-state index < -0.39 is 38.8 Å². The van der Waals surface area contributed by atoms with Gasteiger partial charge in [-0.15, -0.1) is 0 Å². The van der Waals surface area contributed by atoms with Crippen LogP contribution in [0.5, 0.6) is 0 Å². The van der Waals surface area contributed by atoms with Gasteiger partial charge < -0.3 is 32.1 Å². The van der Waals surface area contributed by atoms with Gasteiger partial charge in [-0.05, 0) is 5.57 Å². The molecule has 0 fully saturated rings. The first-order valence-electron chi connectivity index (χ1n) is 3.99. The van der Waals surface area contributed by atoms with Crippen LogP contribution < -0.4 is 22.5 Å². The van der Waals surface area contributed by atoms with E-state index in [9.17, 15) is 28.2 Å². The second-order valence-corrected chi connectivity index (χ2v) is 4.85. The van der Waals surface area contributed by atoms with E-state index in [2.05, 4.69) is 0 Å². The second kappa shape index (κ2) is 5.73. The quantitative estimate of drug-likeness (QED) is 0.483. The summed E-state index contributed by atoms with van der Waals surface area (Å²) < 4.78 is 28.0. The summed E-state index contributed by atoms with van der Waals surface area (Å²) in [7, 11) is -5.03. The smallest absolute Gasteiger partial charge is 0.280 e. The Morgan fingerprint density at radius 1 is 1.28 bits per heavy atom. The average molecular weight is 282 g/mol. The van der Waals surface area contributed by atoms with Crippen molar-refractivity contribution in [2.45, 2.75) is 11.2 Å². The number of carboxylic acids is 2. The minimum atomic E-state index is -5.03. The Labute approximate surface area is 103 Å². The monoisotopic (exact) mass is 282 g/mol. The molecule has 9 N–H and O–H groups in total. The van der Waals surface area contributed by atoms with Gasteiger partial charge in [0.1, 0.15) is 0 Å². The van der Waals surface area contributed by atoms with Gasteiger partial charge in [0.05, 0.1) is 11.9 Å². The van der Waals surface area contributed by atoms with Gasteiger partial charge in [-0.1, -0.05) is 18.2 Å². The van der Waals surface area contributed by atoms with E-state index in [1.807, 2.05) is 0 Å². The van der Waals surface area contributed by atoms with E-state index in [-0.39, 0.29) is 12.3 Å². The SMILES string of the molecule is O=C([O-])C1=CC=CC(C(=O)[O-])(S(=O)(=O)O)C1.[NH4+].[NH4+]. The molecule has 1 aliphatic rings. The Morgan fingerprint density at radius 3 is 2.11 bits per heavy atom. The van der Waals surface area contributed by atoms with Crippen LogP contribution in [0, 0.1) is 0 Å². The topological polar surface area (TPSA) is 208 Å². The van der Waals surface area contributed by atoms with Crippen LogP contribution in [0.2, 0.25) is 0 Å². The fraction of sp³-hybridized carbons (Fsp3) is 0.250. The van der Waals surface area contributed by atoms with Crippen molar-refractivity contribution in [2.24, 2.45) is 0 Å². The van der Waals surface area contributed by atoms with Crippen molar-refractivity contribution in [3.8, 4) is 0 Å². The van der Waals surface area contributed by atoms with E-state index in [4.69, 9.17) is 4.55 Å². The van der Waals surface area contributed by atoms with Crippen LogP contribution in [0.4, 0.5) is 0 Å². The molecule has 1 aliphatic carbocycles. The molecular weight excluding hydrogens is 268 g/mol. The van der Waals surface area contributed by atoms with Gasteiger partial charge in [0.2, 0.25) is 0 Å². The number of hydrogen-bond acceptors (Lipinski definition) is 6. The van der Waals surface area contributed by atoms with Crippen molar-refractivity contribution in [1.29, 1.82) is 0 Å². The minimum Gasteiger partial charge on any atom is -0.548 e. The van der Waals surface area contributed by atoms with E-state index in [0.29, 0.717) is 6.08 Å². The lowest BCUT2D eigenvalue weighted by Gasteiger charge is -2.31.